The molecule has 2 N–H and O–H groups in total. The number of carbonyl (C=O) groups is 2. The van der Waals surface area contributed by atoms with Gasteiger partial charge in [0.15, 0.2) is 6.61 Å². The maximum absolute atomic E-state index is 12.4. The van der Waals surface area contributed by atoms with Gasteiger partial charge in [-0.3, -0.25) is 9.59 Å². The fraction of sp³-hybridized carbons (Fsp3) is 0.579. The maximum atomic E-state index is 12.4. The summed E-state index contributed by atoms with van der Waals surface area (Å²) in [5.74, 6) is 0.894. The Morgan fingerprint density at radius 3 is 2.80 bits per heavy atom. The van der Waals surface area contributed by atoms with E-state index >= 15 is 0 Å². The number of nitrogens with zero attached hydrogens (tertiary/aromatic N) is 1. The lowest BCUT2D eigenvalue weighted by molar-refractivity contribution is -0.130. The molecule has 1 saturated heterocycles. The lowest BCUT2D eigenvalue weighted by Crippen LogP contribution is -2.33. The van der Waals surface area contributed by atoms with Gasteiger partial charge in [-0.15, -0.1) is 0 Å². The largest absolute Gasteiger partial charge is 0.484 e. The Morgan fingerprint density at radius 2 is 2.08 bits per heavy atom. The van der Waals surface area contributed by atoms with E-state index in [0.29, 0.717) is 12.3 Å². The Bertz CT molecular complexity index is 639. The molecule has 1 heterocycles. The highest BCUT2D eigenvalue weighted by Crippen LogP contribution is 2.58. The van der Waals surface area contributed by atoms with Crippen LogP contribution in [0.4, 0.5) is 0 Å². The summed E-state index contributed by atoms with van der Waals surface area (Å²) in [4.78, 5) is 25.5. The number of likely N-dealkylation sites (N-methyl/N-ethyl adjacent to an activating group) is 1. The van der Waals surface area contributed by atoms with Gasteiger partial charge in [-0.1, -0.05) is 12.1 Å². The molecule has 1 aromatic carbocycles. The maximum Gasteiger partial charge on any atom is 0.259 e. The molecule has 136 valence electrons. The van der Waals surface area contributed by atoms with Crippen molar-refractivity contribution in [2.24, 2.45) is 11.3 Å². The number of hydrogen-bond donors (Lipinski definition) is 2. The van der Waals surface area contributed by atoms with Crippen LogP contribution in [0.1, 0.15) is 24.8 Å². The molecular formula is C19H27N3O3. The van der Waals surface area contributed by atoms with Crippen molar-refractivity contribution in [1.82, 2.24) is 15.5 Å². The van der Waals surface area contributed by atoms with Crippen molar-refractivity contribution in [1.29, 1.82) is 0 Å². The smallest absolute Gasteiger partial charge is 0.259 e. The summed E-state index contributed by atoms with van der Waals surface area (Å²) in [6.07, 6.45) is 3.24. The lowest BCUT2D eigenvalue weighted by Gasteiger charge is -2.23. The molecule has 1 atom stereocenters. The van der Waals surface area contributed by atoms with Crippen LogP contribution in [0.25, 0.3) is 0 Å². The number of piperidine rings is 1. The minimum Gasteiger partial charge on any atom is -0.484 e. The summed E-state index contributed by atoms with van der Waals surface area (Å²) in [6, 6.07) is 7.52. The van der Waals surface area contributed by atoms with Crippen molar-refractivity contribution < 1.29 is 14.3 Å². The van der Waals surface area contributed by atoms with Gasteiger partial charge < -0.3 is 20.3 Å². The number of amides is 2. The molecule has 1 aromatic rings. The van der Waals surface area contributed by atoms with E-state index in [-0.39, 0.29) is 29.8 Å². The van der Waals surface area contributed by atoms with Gasteiger partial charge in [-0.25, -0.2) is 0 Å². The minimum atomic E-state index is -0.0836. The molecule has 0 bridgehead atoms. The first-order chi connectivity index (χ1) is 12.0. The second-order valence-corrected chi connectivity index (χ2v) is 7.31. The topological polar surface area (TPSA) is 70.7 Å². The normalized spacial score (nSPS) is 20.8. The molecular weight excluding hydrogens is 318 g/mol. The number of ether oxygens (including phenoxy) is 1. The third-order valence-electron chi connectivity index (χ3n) is 5.33. The summed E-state index contributed by atoms with van der Waals surface area (Å²) >= 11 is 0. The van der Waals surface area contributed by atoms with Crippen LogP contribution in [0.5, 0.6) is 5.75 Å². The average Bonchev–Trinajstić information content (AvgIpc) is 3.31. The van der Waals surface area contributed by atoms with E-state index in [1.54, 1.807) is 14.1 Å². The van der Waals surface area contributed by atoms with Gasteiger partial charge in [0.1, 0.15) is 5.75 Å². The predicted octanol–water partition coefficient (Wildman–Crippen LogP) is 1.16. The second kappa shape index (κ2) is 7.44. The van der Waals surface area contributed by atoms with Crippen molar-refractivity contribution in [2.75, 3.05) is 33.8 Å². The molecule has 1 aliphatic carbocycles. The summed E-state index contributed by atoms with van der Waals surface area (Å²) < 4.78 is 5.52. The molecule has 6 nitrogen and oxygen atoms in total. The van der Waals surface area contributed by atoms with Crippen LogP contribution < -0.4 is 15.4 Å². The van der Waals surface area contributed by atoms with E-state index in [1.165, 1.54) is 4.90 Å². The van der Waals surface area contributed by atoms with E-state index < -0.39 is 0 Å². The molecule has 1 saturated carbocycles. The Hall–Kier alpha value is -2.08. The third kappa shape index (κ3) is 4.31. The summed E-state index contributed by atoms with van der Waals surface area (Å²) in [6.45, 7) is 2.55. The fourth-order valence-corrected chi connectivity index (χ4v) is 3.53. The molecule has 2 amide bonds. The number of carbonyl (C=O) groups excluding carboxylic acids is 2. The SMILES string of the molecule is CN(C)C(=O)COc1cccc(CNC(=O)C2CC23CCNCC3)c1. The number of nitrogens with one attached hydrogen (secondary N) is 2. The highest BCUT2D eigenvalue weighted by atomic mass is 16.5. The summed E-state index contributed by atoms with van der Waals surface area (Å²) in [5.41, 5.74) is 1.23. The number of rotatable bonds is 6. The zero-order chi connectivity index (χ0) is 17.9. The first-order valence-corrected chi connectivity index (χ1v) is 8.90. The van der Waals surface area contributed by atoms with Crippen LogP contribution in [0.15, 0.2) is 24.3 Å². The molecule has 1 aliphatic heterocycles. The molecule has 25 heavy (non-hydrogen) atoms. The fourth-order valence-electron chi connectivity index (χ4n) is 3.53. The number of hydrogen-bond acceptors (Lipinski definition) is 4. The van der Waals surface area contributed by atoms with Crippen LogP contribution >= 0.6 is 0 Å². The van der Waals surface area contributed by atoms with E-state index in [9.17, 15) is 9.59 Å². The predicted molar refractivity (Wildman–Crippen MR) is 95.1 cm³/mol. The quantitative estimate of drug-likeness (QED) is 0.812. The van der Waals surface area contributed by atoms with Gasteiger partial charge in [-0.05, 0) is 55.5 Å². The molecule has 3 rings (SSSR count). The van der Waals surface area contributed by atoms with E-state index in [2.05, 4.69) is 10.6 Å². The summed E-state index contributed by atoms with van der Waals surface area (Å²) in [7, 11) is 3.40. The average molecular weight is 345 g/mol. The van der Waals surface area contributed by atoms with Gasteiger partial charge in [0, 0.05) is 26.6 Å². The molecule has 1 unspecified atom stereocenters. The van der Waals surface area contributed by atoms with Gasteiger partial charge >= 0.3 is 0 Å². The van der Waals surface area contributed by atoms with E-state index in [0.717, 1.165) is 37.9 Å². The van der Waals surface area contributed by atoms with Crippen molar-refractivity contribution >= 4 is 11.8 Å². The molecule has 0 aromatic heterocycles. The van der Waals surface area contributed by atoms with Crippen molar-refractivity contribution in [2.45, 2.75) is 25.8 Å². The Balaban J connectivity index is 1.48. The van der Waals surface area contributed by atoms with Crippen LogP contribution in [-0.4, -0.2) is 50.5 Å². The monoisotopic (exact) mass is 345 g/mol. The van der Waals surface area contributed by atoms with Gasteiger partial charge in [0.25, 0.3) is 5.91 Å². The van der Waals surface area contributed by atoms with Crippen LogP contribution in [0, 0.1) is 11.3 Å². The summed E-state index contributed by atoms with van der Waals surface area (Å²) in [5, 5.41) is 6.41. The first-order valence-electron chi connectivity index (χ1n) is 8.90. The van der Waals surface area contributed by atoms with Crippen molar-refractivity contribution in [3.05, 3.63) is 29.8 Å². The standard InChI is InChI=1S/C19H27N3O3/c1-22(2)17(23)13-25-15-5-3-4-14(10-15)12-21-18(24)16-11-19(16)6-8-20-9-7-19/h3-5,10,16,20H,6-9,11-13H2,1-2H3,(H,21,24). The molecule has 2 fully saturated rings. The minimum absolute atomic E-state index is 0.0153. The molecule has 6 heteroatoms. The van der Waals surface area contributed by atoms with Crippen LogP contribution in [0.2, 0.25) is 0 Å². The van der Waals surface area contributed by atoms with E-state index in [4.69, 9.17) is 4.74 Å². The molecule has 2 aliphatic rings. The third-order valence-corrected chi connectivity index (χ3v) is 5.33. The van der Waals surface area contributed by atoms with Crippen LogP contribution in [-0.2, 0) is 16.1 Å². The molecule has 1 spiro atoms. The van der Waals surface area contributed by atoms with Crippen molar-refractivity contribution in [3.8, 4) is 5.75 Å². The lowest BCUT2D eigenvalue weighted by atomic mass is 9.92. The van der Waals surface area contributed by atoms with Gasteiger partial charge in [-0.2, -0.15) is 0 Å². The molecule has 0 radical (unpaired) electrons. The Kier molecular flexibility index (Phi) is 5.27. The van der Waals surface area contributed by atoms with Crippen LogP contribution in [0.3, 0.4) is 0 Å². The van der Waals surface area contributed by atoms with Gasteiger partial charge in [0.05, 0.1) is 0 Å². The highest BCUT2D eigenvalue weighted by molar-refractivity contribution is 5.82. The Labute approximate surface area is 148 Å². The number of benzene rings is 1. The zero-order valence-electron chi connectivity index (χ0n) is 15.0. The Morgan fingerprint density at radius 1 is 1.32 bits per heavy atom. The second-order valence-electron chi connectivity index (χ2n) is 7.31. The van der Waals surface area contributed by atoms with Crippen molar-refractivity contribution in [3.63, 3.8) is 0 Å². The van der Waals surface area contributed by atoms with E-state index in [1.807, 2.05) is 24.3 Å². The van der Waals surface area contributed by atoms with Gasteiger partial charge in [0.2, 0.25) is 5.91 Å². The highest BCUT2D eigenvalue weighted by Gasteiger charge is 2.57. The first kappa shape index (κ1) is 17.7. The zero-order valence-corrected chi connectivity index (χ0v) is 15.0.